The maximum absolute atomic E-state index is 12.5. The summed E-state index contributed by atoms with van der Waals surface area (Å²) in [6.45, 7) is 20.6. The Hall–Kier alpha value is -0.853. The highest BCUT2D eigenvalue weighted by molar-refractivity contribution is 6.74. The van der Waals surface area contributed by atoms with E-state index in [2.05, 4.69) is 46.1 Å². The molecule has 0 aliphatic carbocycles. The Labute approximate surface area is 225 Å². The van der Waals surface area contributed by atoms with Crippen molar-refractivity contribution >= 4 is 14.4 Å². The number of carbonyl (C=O) groups excluding carboxylic acids is 1. The Kier molecular flexibility index (Phi) is 17.2. The number of nitrogens with one attached hydrogen (secondary N) is 1. The average molecular weight is 528 g/mol. The first-order chi connectivity index (χ1) is 16.6. The van der Waals surface area contributed by atoms with Crippen LogP contribution in [0.4, 0.5) is 4.79 Å². The number of amides is 1. The van der Waals surface area contributed by atoms with Crippen molar-refractivity contribution in [1.29, 1.82) is 0 Å². The molecule has 5 nitrogen and oxygen atoms in total. The second-order valence-corrected chi connectivity index (χ2v) is 17.8. The van der Waals surface area contributed by atoms with Crippen molar-refractivity contribution in [2.75, 3.05) is 0 Å². The van der Waals surface area contributed by atoms with Crippen LogP contribution in [0.2, 0.25) is 18.1 Å². The highest BCUT2D eigenvalue weighted by Crippen LogP contribution is 2.37. The van der Waals surface area contributed by atoms with Gasteiger partial charge in [-0.2, -0.15) is 0 Å². The molecule has 0 unspecified atom stereocenters. The molecule has 0 aromatic rings. The van der Waals surface area contributed by atoms with Crippen molar-refractivity contribution in [2.45, 2.75) is 174 Å². The van der Waals surface area contributed by atoms with Crippen molar-refractivity contribution < 1.29 is 19.1 Å². The number of unbranched alkanes of at least 4 members (excludes halogenated alkanes) is 11. The Morgan fingerprint density at radius 2 is 1.36 bits per heavy atom. The zero-order chi connectivity index (χ0) is 27.8. The van der Waals surface area contributed by atoms with Gasteiger partial charge in [-0.1, -0.05) is 104 Å². The number of aliphatic hydroxyl groups excluding tert-OH is 1. The third-order valence-corrected chi connectivity index (χ3v) is 11.7. The lowest BCUT2D eigenvalue weighted by Crippen LogP contribution is -2.55. The van der Waals surface area contributed by atoms with E-state index in [4.69, 9.17) is 9.16 Å². The summed E-state index contributed by atoms with van der Waals surface area (Å²) in [4.78, 5) is 12.5. The second-order valence-electron chi connectivity index (χ2n) is 13.0. The summed E-state index contributed by atoms with van der Waals surface area (Å²) in [6.07, 6.45) is 17.6. The smallest absolute Gasteiger partial charge is 0.408 e. The molecule has 0 aliphatic rings. The fraction of sp³-hybridized carbons (Fsp3) is 0.900. The minimum absolute atomic E-state index is 0.0353. The number of alkyl carbamates (subject to hydrolysis) is 1. The highest BCUT2D eigenvalue weighted by atomic mass is 28.4. The lowest BCUT2D eigenvalue weighted by molar-refractivity contribution is 0.0311. The van der Waals surface area contributed by atoms with E-state index < -0.39 is 32.2 Å². The first kappa shape index (κ1) is 35.1. The van der Waals surface area contributed by atoms with Gasteiger partial charge in [0.15, 0.2) is 8.32 Å². The van der Waals surface area contributed by atoms with Crippen molar-refractivity contribution in [3.05, 3.63) is 12.2 Å². The van der Waals surface area contributed by atoms with Gasteiger partial charge >= 0.3 is 6.09 Å². The topological polar surface area (TPSA) is 67.8 Å². The van der Waals surface area contributed by atoms with Gasteiger partial charge in [-0.15, -0.1) is 0 Å². The van der Waals surface area contributed by atoms with Gasteiger partial charge in [-0.05, 0) is 58.7 Å². The van der Waals surface area contributed by atoms with Crippen LogP contribution in [0.15, 0.2) is 12.2 Å². The second kappa shape index (κ2) is 17.6. The third-order valence-electron chi connectivity index (χ3n) is 7.15. The average Bonchev–Trinajstić information content (AvgIpc) is 2.72. The van der Waals surface area contributed by atoms with Gasteiger partial charge in [0.25, 0.3) is 0 Å². The number of hydrogen-bond donors (Lipinski definition) is 2. The molecule has 0 spiro atoms. The lowest BCUT2D eigenvalue weighted by atomic mass is 10.0. The molecule has 0 heterocycles. The molecule has 3 atom stereocenters. The van der Waals surface area contributed by atoms with Crippen LogP contribution in [0.1, 0.15) is 132 Å². The summed E-state index contributed by atoms with van der Waals surface area (Å²) in [5.74, 6) is 0. The number of rotatable bonds is 18. The van der Waals surface area contributed by atoms with Gasteiger partial charge in [-0.25, -0.2) is 4.79 Å². The molecule has 0 fully saturated rings. The lowest BCUT2D eigenvalue weighted by Gasteiger charge is -2.41. The molecular formula is C30H61NO4Si. The van der Waals surface area contributed by atoms with Crippen LogP contribution in [0.5, 0.6) is 0 Å². The first-order valence-electron chi connectivity index (χ1n) is 14.6. The van der Waals surface area contributed by atoms with Gasteiger partial charge in [0.1, 0.15) is 5.60 Å². The first-order valence-corrected chi connectivity index (χ1v) is 17.5. The van der Waals surface area contributed by atoms with Crippen molar-refractivity contribution in [3.63, 3.8) is 0 Å². The number of ether oxygens (including phenoxy) is 1. The summed E-state index contributed by atoms with van der Waals surface area (Å²) in [7, 11) is -2.07. The summed E-state index contributed by atoms with van der Waals surface area (Å²) in [5, 5.41) is 13.9. The van der Waals surface area contributed by atoms with Gasteiger partial charge in [0.05, 0.1) is 18.2 Å². The molecule has 36 heavy (non-hydrogen) atoms. The molecule has 0 aromatic carbocycles. The molecule has 214 valence electrons. The van der Waals surface area contributed by atoms with E-state index in [1.54, 1.807) is 0 Å². The van der Waals surface area contributed by atoms with Gasteiger partial charge in [0, 0.05) is 0 Å². The maximum atomic E-state index is 12.5. The van der Waals surface area contributed by atoms with E-state index in [-0.39, 0.29) is 11.1 Å². The number of allylic oxidation sites excluding steroid dienone is 1. The predicted octanol–water partition coefficient (Wildman–Crippen LogP) is 8.91. The summed E-state index contributed by atoms with van der Waals surface area (Å²) < 4.78 is 12.0. The minimum Gasteiger partial charge on any atom is -0.444 e. The number of carbonyl (C=O) groups is 1. The van der Waals surface area contributed by atoms with E-state index >= 15 is 0 Å². The van der Waals surface area contributed by atoms with Gasteiger partial charge < -0.3 is 19.6 Å². The summed E-state index contributed by atoms with van der Waals surface area (Å²) in [5.41, 5.74) is -0.603. The SMILES string of the molecule is CCCCCCCCCCCCCC=C[C@H](O)[C@@H](NC(=O)OC(C)(C)C)[C@H](C)O[Si](C)(C)C(C)(C)C. The maximum Gasteiger partial charge on any atom is 0.408 e. The van der Waals surface area contributed by atoms with Crippen molar-refractivity contribution in [1.82, 2.24) is 5.32 Å². The van der Waals surface area contributed by atoms with Gasteiger partial charge in [-0.3, -0.25) is 0 Å². The molecular weight excluding hydrogens is 466 g/mol. The van der Waals surface area contributed by atoms with Crippen LogP contribution in [0.25, 0.3) is 0 Å². The fourth-order valence-electron chi connectivity index (χ4n) is 3.92. The normalized spacial score (nSPS) is 15.6. The molecule has 2 N–H and O–H groups in total. The quantitative estimate of drug-likeness (QED) is 0.106. The Morgan fingerprint density at radius 3 is 1.81 bits per heavy atom. The fourth-order valence-corrected chi connectivity index (χ4v) is 5.35. The Morgan fingerprint density at radius 1 is 0.889 bits per heavy atom. The van der Waals surface area contributed by atoms with E-state index in [1.165, 1.54) is 64.2 Å². The predicted molar refractivity (Wildman–Crippen MR) is 157 cm³/mol. The highest BCUT2D eigenvalue weighted by Gasteiger charge is 2.41. The Bertz CT molecular complexity index is 607. The third kappa shape index (κ3) is 16.8. The Balaban J connectivity index is 4.68. The van der Waals surface area contributed by atoms with Gasteiger partial charge in [0.2, 0.25) is 0 Å². The largest absolute Gasteiger partial charge is 0.444 e. The van der Waals surface area contributed by atoms with Crippen LogP contribution in [-0.2, 0) is 9.16 Å². The number of aliphatic hydroxyl groups is 1. The molecule has 1 amide bonds. The van der Waals surface area contributed by atoms with Crippen LogP contribution < -0.4 is 5.32 Å². The van der Waals surface area contributed by atoms with E-state index in [0.29, 0.717) is 0 Å². The van der Waals surface area contributed by atoms with Crippen molar-refractivity contribution in [2.24, 2.45) is 0 Å². The molecule has 0 aromatic heterocycles. The van der Waals surface area contributed by atoms with Crippen LogP contribution in [-0.4, -0.2) is 43.4 Å². The monoisotopic (exact) mass is 527 g/mol. The molecule has 0 radical (unpaired) electrons. The molecule has 0 saturated carbocycles. The van der Waals surface area contributed by atoms with E-state index in [0.717, 1.165) is 12.8 Å². The summed E-state index contributed by atoms with van der Waals surface area (Å²) in [6, 6.07) is -0.581. The zero-order valence-corrected chi connectivity index (χ0v) is 26.5. The number of hydrogen-bond acceptors (Lipinski definition) is 4. The molecule has 6 heteroatoms. The zero-order valence-electron chi connectivity index (χ0n) is 25.5. The van der Waals surface area contributed by atoms with Crippen LogP contribution in [0, 0.1) is 0 Å². The van der Waals surface area contributed by atoms with Crippen LogP contribution >= 0.6 is 0 Å². The van der Waals surface area contributed by atoms with E-state index in [1.807, 2.05) is 39.8 Å². The van der Waals surface area contributed by atoms with Crippen LogP contribution in [0.3, 0.4) is 0 Å². The van der Waals surface area contributed by atoms with Crippen molar-refractivity contribution in [3.8, 4) is 0 Å². The van der Waals surface area contributed by atoms with E-state index in [9.17, 15) is 9.90 Å². The minimum atomic E-state index is -2.07. The molecule has 0 bridgehead atoms. The molecule has 0 aliphatic heterocycles. The standard InChI is InChI=1S/C30H61NO4Si/c1-11-12-13-14-15-16-17-18-19-20-21-22-23-24-26(32)27(31-28(33)34-29(3,4)5)25(2)35-36(9,10)30(6,7)8/h23-27,32H,11-22H2,1-10H3,(H,31,33)/t25-,26-,27-/m0/s1. The molecule has 0 rings (SSSR count). The summed E-state index contributed by atoms with van der Waals surface area (Å²) >= 11 is 0. The molecule has 0 saturated heterocycles.